The van der Waals surface area contributed by atoms with Crippen LogP contribution in [0.2, 0.25) is 0 Å². The van der Waals surface area contributed by atoms with Crippen molar-refractivity contribution in [2.75, 3.05) is 0 Å². The molecule has 2 aliphatic rings. The Balaban J connectivity index is 1.58. The molecule has 2 amide bonds. The summed E-state index contributed by atoms with van der Waals surface area (Å²) in [5.74, 6) is -0.746. The SMILES string of the molecule is O=C1c2cccc3cccc(c23)C(=O)N1NC(=S)NC1CCCCC1. The second-order valence-electron chi connectivity index (χ2n) is 6.58. The van der Waals surface area contributed by atoms with Gasteiger partial charge in [-0.25, -0.2) is 0 Å². The van der Waals surface area contributed by atoms with Gasteiger partial charge in [-0.3, -0.25) is 15.0 Å². The molecule has 6 heteroatoms. The molecule has 2 aromatic carbocycles. The van der Waals surface area contributed by atoms with Crippen molar-refractivity contribution in [1.82, 2.24) is 15.8 Å². The van der Waals surface area contributed by atoms with Gasteiger partial charge < -0.3 is 5.32 Å². The lowest BCUT2D eigenvalue weighted by molar-refractivity contribution is 0.0565. The molecule has 0 radical (unpaired) electrons. The number of nitrogens with one attached hydrogen (secondary N) is 2. The summed E-state index contributed by atoms with van der Waals surface area (Å²) in [4.78, 5) is 25.6. The lowest BCUT2D eigenvalue weighted by Gasteiger charge is -2.30. The normalized spacial score (nSPS) is 17.7. The lowest BCUT2D eigenvalue weighted by Crippen LogP contribution is -2.55. The van der Waals surface area contributed by atoms with Crippen LogP contribution in [0.3, 0.4) is 0 Å². The van der Waals surface area contributed by atoms with E-state index in [0.29, 0.717) is 27.7 Å². The standard InChI is InChI=1S/C19H19N3O2S/c23-17-14-10-4-6-12-7-5-11-15(16(12)14)18(24)22(17)21-19(25)20-13-8-2-1-3-9-13/h4-7,10-11,13H,1-3,8-9H2,(H2,20,21,25). The Hall–Kier alpha value is -2.47. The van der Waals surface area contributed by atoms with Gasteiger partial charge in [0.15, 0.2) is 5.11 Å². The summed E-state index contributed by atoms with van der Waals surface area (Å²) in [6.45, 7) is 0. The summed E-state index contributed by atoms with van der Waals surface area (Å²) in [6.07, 6.45) is 5.73. The number of amides is 2. The Bertz CT molecular complexity index is 823. The Morgan fingerprint density at radius 3 is 2.16 bits per heavy atom. The molecule has 128 valence electrons. The van der Waals surface area contributed by atoms with Crippen molar-refractivity contribution >= 4 is 39.9 Å². The third-order valence-electron chi connectivity index (χ3n) is 4.93. The van der Waals surface area contributed by atoms with Gasteiger partial charge in [-0.2, -0.15) is 5.01 Å². The van der Waals surface area contributed by atoms with Crippen LogP contribution in [0.25, 0.3) is 10.8 Å². The molecule has 0 unspecified atom stereocenters. The maximum Gasteiger partial charge on any atom is 0.280 e. The van der Waals surface area contributed by atoms with Crippen LogP contribution in [0.1, 0.15) is 52.8 Å². The zero-order valence-corrected chi connectivity index (χ0v) is 14.6. The van der Waals surface area contributed by atoms with E-state index < -0.39 is 0 Å². The van der Waals surface area contributed by atoms with Crippen molar-refractivity contribution < 1.29 is 9.59 Å². The van der Waals surface area contributed by atoms with E-state index in [-0.39, 0.29) is 11.8 Å². The topological polar surface area (TPSA) is 61.4 Å². The Morgan fingerprint density at radius 2 is 1.56 bits per heavy atom. The second kappa shape index (κ2) is 6.44. The quantitative estimate of drug-likeness (QED) is 0.641. The van der Waals surface area contributed by atoms with E-state index in [1.807, 2.05) is 24.3 Å². The molecule has 0 bridgehead atoms. The van der Waals surface area contributed by atoms with Gasteiger partial charge in [0, 0.05) is 11.4 Å². The van der Waals surface area contributed by atoms with Gasteiger partial charge in [0.1, 0.15) is 0 Å². The summed E-state index contributed by atoms with van der Waals surface area (Å²) in [6, 6.07) is 11.2. The number of rotatable bonds is 2. The maximum absolute atomic E-state index is 12.8. The molecular weight excluding hydrogens is 334 g/mol. The van der Waals surface area contributed by atoms with Crippen LogP contribution in [0.4, 0.5) is 0 Å². The van der Waals surface area contributed by atoms with Gasteiger partial charge in [0.25, 0.3) is 11.8 Å². The van der Waals surface area contributed by atoms with Gasteiger partial charge in [-0.15, -0.1) is 0 Å². The molecule has 1 fully saturated rings. The van der Waals surface area contributed by atoms with Crippen molar-refractivity contribution in [2.24, 2.45) is 0 Å². The highest BCUT2D eigenvalue weighted by molar-refractivity contribution is 7.80. The largest absolute Gasteiger partial charge is 0.359 e. The minimum atomic E-state index is -0.373. The summed E-state index contributed by atoms with van der Waals surface area (Å²) in [7, 11) is 0. The Morgan fingerprint density at radius 1 is 0.960 bits per heavy atom. The van der Waals surface area contributed by atoms with Gasteiger partial charge in [-0.1, -0.05) is 43.5 Å². The van der Waals surface area contributed by atoms with E-state index in [9.17, 15) is 9.59 Å². The second-order valence-corrected chi connectivity index (χ2v) is 6.98. The van der Waals surface area contributed by atoms with Crippen molar-refractivity contribution in [2.45, 2.75) is 38.1 Å². The molecule has 0 spiro atoms. The first-order valence-corrected chi connectivity index (χ1v) is 9.03. The molecule has 1 aliphatic carbocycles. The van der Waals surface area contributed by atoms with E-state index in [2.05, 4.69) is 10.7 Å². The first-order valence-electron chi connectivity index (χ1n) is 8.63. The molecule has 4 rings (SSSR count). The zero-order valence-electron chi connectivity index (χ0n) is 13.7. The zero-order chi connectivity index (χ0) is 17.4. The van der Waals surface area contributed by atoms with Gasteiger partial charge in [0.2, 0.25) is 0 Å². The summed E-state index contributed by atoms with van der Waals surface area (Å²) in [5.41, 5.74) is 3.83. The van der Waals surface area contributed by atoms with E-state index in [0.717, 1.165) is 23.2 Å². The average Bonchev–Trinajstić information content (AvgIpc) is 2.64. The third-order valence-corrected chi connectivity index (χ3v) is 5.13. The number of hydrogen-bond donors (Lipinski definition) is 2. The van der Waals surface area contributed by atoms with Crippen LogP contribution in [0, 0.1) is 0 Å². The maximum atomic E-state index is 12.8. The number of hydrogen-bond acceptors (Lipinski definition) is 3. The number of nitrogens with zero attached hydrogens (tertiary/aromatic N) is 1. The fourth-order valence-corrected chi connectivity index (χ4v) is 3.96. The van der Waals surface area contributed by atoms with Gasteiger partial charge >= 0.3 is 0 Å². The molecule has 5 nitrogen and oxygen atoms in total. The lowest BCUT2D eigenvalue weighted by atomic mass is 9.95. The number of carbonyl (C=O) groups excluding carboxylic acids is 2. The molecule has 0 saturated heterocycles. The Labute approximate surface area is 151 Å². The van der Waals surface area contributed by atoms with Gasteiger partial charge in [0.05, 0.1) is 11.1 Å². The van der Waals surface area contributed by atoms with Crippen molar-refractivity contribution in [3.8, 4) is 0 Å². The number of hydrazine groups is 1. The Kier molecular flexibility index (Phi) is 4.13. The molecular formula is C19H19N3O2S. The van der Waals surface area contributed by atoms with Crippen LogP contribution in [0.5, 0.6) is 0 Å². The molecule has 2 N–H and O–H groups in total. The van der Waals surface area contributed by atoms with Gasteiger partial charge in [-0.05, 0) is 42.6 Å². The summed E-state index contributed by atoms with van der Waals surface area (Å²) < 4.78 is 0. The highest BCUT2D eigenvalue weighted by Crippen LogP contribution is 2.29. The van der Waals surface area contributed by atoms with Crippen LogP contribution in [-0.4, -0.2) is 28.0 Å². The molecule has 25 heavy (non-hydrogen) atoms. The van der Waals surface area contributed by atoms with Crippen LogP contribution in [0.15, 0.2) is 36.4 Å². The average molecular weight is 353 g/mol. The van der Waals surface area contributed by atoms with Crippen molar-refractivity contribution in [1.29, 1.82) is 0 Å². The van der Waals surface area contributed by atoms with Crippen LogP contribution in [-0.2, 0) is 0 Å². The smallest absolute Gasteiger partial charge is 0.280 e. The fourth-order valence-electron chi connectivity index (χ4n) is 3.70. The minimum absolute atomic E-state index is 0.305. The van der Waals surface area contributed by atoms with E-state index in [4.69, 9.17) is 12.2 Å². The van der Waals surface area contributed by atoms with E-state index in [1.165, 1.54) is 19.3 Å². The number of imide groups is 1. The summed E-state index contributed by atoms with van der Waals surface area (Å²) in [5, 5.41) is 6.17. The highest BCUT2D eigenvalue weighted by atomic mass is 32.1. The number of carbonyl (C=O) groups is 2. The van der Waals surface area contributed by atoms with Crippen molar-refractivity contribution in [3.63, 3.8) is 0 Å². The fraction of sp³-hybridized carbons (Fsp3) is 0.316. The molecule has 1 saturated carbocycles. The van der Waals surface area contributed by atoms with Crippen LogP contribution < -0.4 is 10.7 Å². The third kappa shape index (κ3) is 2.87. The predicted molar refractivity (Wildman–Crippen MR) is 100 cm³/mol. The summed E-state index contributed by atoms with van der Waals surface area (Å²) >= 11 is 5.33. The van der Waals surface area contributed by atoms with Crippen molar-refractivity contribution in [3.05, 3.63) is 47.5 Å². The molecule has 1 aliphatic heterocycles. The molecule has 0 atom stereocenters. The minimum Gasteiger partial charge on any atom is -0.359 e. The first kappa shape index (κ1) is 16.0. The predicted octanol–water partition coefficient (Wildman–Crippen LogP) is 3.15. The molecule has 0 aromatic heterocycles. The number of thiocarbonyl (C=S) groups is 1. The number of benzene rings is 2. The monoisotopic (exact) mass is 353 g/mol. The van der Waals surface area contributed by atoms with E-state index >= 15 is 0 Å². The molecule has 2 aromatic rings. The molecule has 1 heterocycles. The van der Waals surface area contributed by atoms with Crippen LogP contribution >= 0.6 is 12.2 Å². The van der Waals surface area contributed by atoms with E-state index in [1.54, 1.807) is 12.1 Å². The highest BCUT2D eigenvalue weighted by Gasteiger charge is 2.33. The first-order chi connectivity index (χ1) is 12.1.